The quantitative estimate of drug-likeness (QED) is 0.561. The highest BCUT2D eigenvalue weighted by atomic mass is 32.2. The second-order valence-corrected chi connectivity index (χ2v) is 7.48. The van der Waals surface area contributed by atoms with Gasteiger partial charge in [0.25, 0.3) is 0 Å². The summed E-state index contributed by atoms with van der Waals surface area (Å²) in [5.41, 5.74) is -0.536. The molecule has 0 radical (unpaired) electrons. The Kier molecular flexibility index (Phi) is 4.22. The normalized spacial score (nSPS) is 12.3. The molecule has 0 spiro atoms. The summed E-state index contributed by atoms with van der Waals surface area (Å²) in [6.07, 6.45) is 1.10. The van der Waals surface area contributed by atoms with Crippen molar-refractivity contribution in [2.24, 2.45) is 5.14 Å². The zero-order valence-electron chi connectivity index (χ0n) is 9.81. The zero-order valence-corrected chi connectivity index (χ0v) is 11.4. The summed E-state index contributed by atoms with van der Waals surface area (Å²) >= 11 is 0. The third kappa shape index (κ3) is 3.94. The summed E-state index contributed by atoms with van der Waals surface area (Å²) in [4.78, 5) is 13.4. The van der Waals surface area contributed by atoms with Gasteiger partial charge < -0.3 is 0 Å². The van der Waals surface area contributed by atoms with Crippen LogP contribution in [0, 0.1) is 17.0 Å². The molecular weight excluding hydrogens is 298 g/mol. The summed E-state index contributed by atoms with van der Waals surface area (Å²) in [6, 6.07) is 1.29. The van der Waals surface area contributed by atoms with Crippen molar-refractivity contribution in [3.05, 3.63) is 27.9 Å². The summed E-state index contributed by atoms with van der Waals surface area (Å²) in [7, 11) is -8.19. The number of aryl methyl sites for hydroxylation is 1. The lowest BCUT2D eigenvalue weighted by atomic mass is 10.3. The van der Waals surface area contributed by atoms with Gasteiger partial charge in [0, 0.05) is 11.8 Å². The minimum absolute atomic E-state index is 0.120. The van der Waals surface area contributed by atoms with Crippen molar-refractivity contribution in [3.8, 4) is 0 Å². The highest BCUT2D eigenvalue weighted by Gasteiger charge is 2.30. The van der Waals surface area contributed by atoms with E-state index < -0.39 is 47.0 Å². The van der Waals surface area contributed by atoms with E-state index in [2.05, 4.69) is 4.98 Å². The van der Waals surface area contributed by atoms with E-state index >= 15 is 0 Å². The summed E-state index contributed by atoms with van der Waals surface area (Å²) in [6.45, 7) is 1.36. The lowest BCUT2D eigenvalue weighted by Gasteiger charge is -2.05. The van der Waals surface area contributed by atoms with Gasteiger partial charge in [-0.25, -0.2) is 27.0 Å². The zero-order chi connectivity index (χ0) is 14.8. The molecule has 2 N–H and O–H groups in total. The van der Waals surface area contributed by atoms with Crippen LogP contribution >= 0.6 is 0 Å². The van der Waals surface area contributed by atoms with Crippen LogP contribution in [-0.4, -0.2) is 38.2 Å². The van der Waals surface area contributed by atoms with Gasteiger partial charge in [0.05, 0.1) is 16.4 Å². The third-order valence-electron chi connectivity index (χ3n) is 2.21. The van der Waals surface area contributed by atoms with Crippen molar-refractivity contribution in [3.63, 3.8) is 0 Å². The number of hydrogen-bond acceptors (Lipinski definition) is 7. The molecule has 0 amide bonds. The van der Waals surface area contributed by atoms with E-state index in [1.54, 1.807) is 0 Å². The van der Waals surface area contributed by atoms with Gasteiger partial charge in [0.15, 0.2) is 0 Å². The molecule has 0 bridgehead atoms. The molecule has 0 fully saturated rings. The first kappa shape index (κ1) is 15.5. The van der Waals surface area contributed by atoms with Crippen LogP contribution in [0.1, 0.15) is 5.56 Å². The standard InChI is InChI=1S/C8H11N3O6S2/c1-6-2-3-10-8(7(6)11(12)13)18(14,15)4-5-19(9,16)17/h2-3H,4-5H2,1H3,(H2,9,16,17). The van der Waals surface area contributed by atoms with E-state index in [9.17, 15) is 26.9 Å². The monoisotopic (exact) mass is 309 g/mol. The molecule has 0 unspecified atom stereocenters. The molecule has 106 valence electrons. The van der Waals surface area contributed by atoms with Gasteiger partial charge in [-0.15, -0.1) is 0 Å². The van der Waals surface area contributed by atoms with Gasteiger partial charge in [-0.1, -0.05) is 0 Å². The SMILES string of the molecule is Cc1ccnc(S(=O)(=O)CCS(N)(=O)=O)c1[N+](=O)[O-]. The largest absolute Gasteiger partial charge is 0.309 e. The van der Waals surface area contributed by atoms with Crippen molar-refractivity contribution in [2.75, 3.05) is 11.5 Å². The highest BCUT2D eigenvalue weighted by molar-refractivity contribution is 7.94. The Balaban J connectivity index is 3.30. The van der Waals surface area contributed by atoms with Crippen molar-refractivity contribution in [2.45, 2.75) is 11.9 Å². The topological polar surface area (TPSA) is 150 Å². The number of pyridine rings is 1. The highest BCUT2D eigenvalue weighted by Crippen LogP contribution is 2.25. The number of aromatic nitrogens is 1. The molecule has 0 saturated carbocycles. The van der Waals surface area contributed by atoms with E-state index in [1.807, 2.05) is 0 Å². The van der Waals surface area contributed by atoms with E-state index in [4.69, 9.17) is 5.14 Å². The molecule has 0 aromatic carbocycles. The Morgan fingerprint density at radius 2 is 1.89 bits per heavy atom. The average Bonchev–Trinajstić information content (AvgIpc) is 2.25. The van der Waals surface area contributed by atoms with E-state index in [0.29, 0.717) is 0 Å². The van der Waals surface area contributed by atoms with Crippen LogP contribution in [-0.2, 0) is 19.9 Å². The van der Waals surface area contributed by atoms with Crippen LogP contribution in [0.5, 0.6) is 0 Å². The first-order valence-electron chi connectivity index (χ1n) is 4.88. The predicted molar refractivity (Wildman–Crippen MR) is 65.7 cm³/mol. The molecule has 1 aromatic rings. The smallest absolute Gasteiger partial charge is 0.258 e. The lowest BCUT2D eigenvalue weighted by molar-refractivity contribution is -0.388. The molecule has 0 atom stereocenters. The second kappa shape index (κ2) is 5.19. The molecule has 1 aromatic heterocycles. The van der Waals surface area contributed by atoms with Crippen molar-refractivity contribution < 1.29 is 21.8 Å². The minimum Gasteiger partial charge on any atom is -0.258 e. The van der Waals surface area contributed by atoms with Crippen molar-refractivity contribution in [1.29, 1.82) is 0 Å². The molecule has 9 nitrogen and oxygen atoms in total. The van der Waals surface area contributed by atoms with Gasteiger partial charge in [-0.2, -0.15) is 0 Å². The number of rotatable bonds is 5. The first-order chi connectivity index (χ1) is 8.54. The summed E-state index contributed by atoms with van der Waals surface area (Å²) < 4.78 is 45.2. The summed E-state index contributed by atoms with van der Waals surface area (Å²) in [5.74, 6) is -1.69. The Morgan fingerprint density at radius 3 is 2.37 bits per heavy atom. The molecule has 0 saturated heterocycles. The fourth-order valence-corrected chi connectivity index (χ4v) is 4.05. The van der Waals surface area contributed by atoms with E-state index in [1.165, 1.54) is 13.0 Å². The first-order valence-corrected chi connectivity index (χ1v) is 8.24. The van der Waals surface area contributed by atoms with Gasteiger partial charge >= 0.3 is 5.69 Å². The van der Waals surface area contributed by atoms with E-state index in [0.717, 1.165) is 6.20 Å². The maximum atomic E-state index is 11.9. The maximum absolute atomic E-state index is 11.9. The lowest BCUT2D eigenvalue weighted by Crippen LogP contribution is -2.24. The van der Waals surface area contributed by atoms with Crippen molar-refractivity contribution >= 4 is 25.5 Å². The summed E-state index contributed by atoms with van der Waals surface area (Å²) in [5, 5.41) is 14.8. The number of hydrogen-bond donors (Lipinski definition) is 1. The number of nitrogens with two attached hydrogens (primary N) is 1. The molecule has 1 heterocycles. The Labute approximate surface area is 109 Å². The van der Waals surface area contributed by atoms with Crippen LogP contribution in [0.15, 0.2) is 17.3 Å². The second-order valence-electron chi connectivity index (χ2n) is 3.72. The Bertz CT molecular complexity index is 710. The molecular formula is C8H11N3O6S2. The number of nitro groups is 1. The van der Waals surface area contributed by atoms with Gasteiger partial charge in [0.1, 0.15) is 0 Å². The molecule has 1 rings (SSSR count). The number of sulfone groups is 1. The van der Waals surface area contributed by atoms with E-state index in [-0.39, 0.29) is 5.56 Å². The van der Waals surface area contributed by atoms with Crippen LogP contribution in [0.25, 0.3) is 0 Å². The van der Waals surface area contributed by atoms with Crippen LogP contribution in [0.2, 0.25) is 0 Å². The third-order valence-corrected chi connectivity index (χ3v) is 4.87. The molecule has 0 aliphatic heterocycles. The molecule has 0 aliphatic carbocycles. The number of sulfonamides is 1. The van der Waals surface area contributed by atoms with Gasteiger partial charge in [-0.05, 0) is 13.0 Å². The van der Waals surface area contributed by atoms with Crippen LogP contribution in [0.4, 0.5) is 5.69 Å². The van der Waals surface area contributed by atoms with Crippen molar-refractivity contribution in [1.82, 2.24) is 4.98 Å². The fourth-order valence-electron chi connectivity index (χ4n) is 1.30. The predicted octanol–water partition coefficient (Wildman–Crippen LogP) is -0.640. The number of primary sulfonamides is 1. The maximum Gasteiger partial charge on any atom is 0.309 e. The van der Waals surface area contributed by atoms with Crippen LogP contribution < -0.4 is 5.14 Å². The Hall–Kier alpha value is -1.59. The Morgan fingerprint density at radius 1 is 1.32 bits per heavy atom. The van der Waals surface area contributed by atoms with Gasteiger partial charge in [-0.3, -0.25) is 10.1 Å². The fraction of sp³-hybridized carbons (Fsp3) is 0.375. The molecule has 19 heavy (non-hydrogen) atoms. The molecule has 11 heteroatoms. The number of nitrogens with zero attached hydrogens (tertiary/aromatic N) is 2. The molecule has 0 aliphatic rings. The van der Waals surface area contributed by atoms with Gasteiger partial charge in [0.2, 0.25) is 24.9 Å². The average molecular weight is 309 g/mol. The minimum atomic E-state index is -4.20. The van der Waals surface area contributed by atoms with Crippen LogP contribution in [0.3, 0.4) is 0 Å².